The van der Waals surface area contributed by atoms with Crippen LogP contribution in [0.15, 0.2) is 70.7 Å². The maximum Gasteiger partial charge on any atom is 0.265 e. The Kier molecular flexibility index (Phi) is 6.31. The van der Waals surface area contributed by atoms with Crippen LogP contribution in [0.1, 0.15) is 30.9 Å². The van der Waals surface area contributed by atoms with Crippen molar-refractivity contribution in [3.05, 3.63) is 81.7 Å². The fraction of sp³-hybridized carbons (Fsp3) is 0.333. The number of rotatable bonds is 5. The lowest BCUT2D eigenvalue weighted by Crippen LogP contribution is -2.40. The van der Waals surface area contributed by atoms with Gasteiger partial charge in [-0.1, -0.05) is 59.8 Å². The second-order valence-electron chi connectivity index (χ2n) is 9.53. The summed E-state index contributed by atoms with van der Waals surface area (Å²) in [6, 6.07) is 17.7. The van der Waals surface area contributed by atoms with E-state index in [4.69, 9.17) is 16.6 Å². The molecule has 2 aliphatic heterocycles. The summed E-state index contributed by atoms with van der Waals surface area (Å²) in [6.07, 6.45) is 4.97. The number of thioether (sulfide) groups is 1. The number of carbonyl (C=O) groups is 1. The van der Waals surface area contributed by atoms with Gasteiger partial charge in [-0.25, -0.2) is 9.67 Å². The third-order valence-electron chi connectivity index (χ3n) is 7.17. The molecule has 0 bridgehead atoms. The molecule has 1 amide bonds. The predicted molar refractivity (Wildman–Crippen MR) is 142 cm³/mol. The number of benzene rings is 2. The molecule has 0 saturated carbocycles. The van der Waals surface area contributed by atoms with E-state index in [1.807, 2.05) is 23.1 Å². The van der Waals surface area contributed by atoms with E-state index in [1.165, 1.54) is 17.3 Å². The van der Waals surface area contributed by atoms with Crippen LogP contribution in [0.2, 0.25) is 5.02 Å². The van der Waals surface area contributed by atoms with E-state index >= 15 is 0 Å². The number of aromatic nitrogens is 4. The molecule has 1 saturated heterocycles. The fourth-order valence-corrected chi connectivity index (χ4v) is 6.56. The van der Waals surface area contributed by atoms with Gasteiger partial charge in [-0.05, 0) is 48.9 Å². The van der Waals surface area contributed by atoms with Gasteiger partial charge in [0.2, 0.25) is 5.91 Å². The molecule has 0 spiro atoms. The van der Waals surface area contributed by atoms with E-state index in [0.29, 0.717) is 39.3 Å². The Balaban J connectivity index is 1.16. The van der Waals surface area contributed by atoms with Crippen LogP contribution >= 0.6 is 23.4 Å². The zero-order valence-corrected chi connectivity index (χ0v) is 21.3. The number of amides is 1. The molecule has 4 aromatic rings. The number of nitrogens with zero attached hydrogens (tertiary/aromatic N) is 5. The summed E-state index contributed by atoms with van der Waals surface area (Å²) >= 11 is 7.67. The van der Waals surface area contributed by atoms with Gasteiger partial charge in [-0.2, -0.15) is 5.10 Å². The van der Waals surface area contributed by atoms with Gasteiger partial charge in [0, 0.05) is 30.3 Å². The second-order valence-corrected chi connectivity index (χ2v) is 10.9. The molecule has 1 unspecified atom stereocenters. The van der Waals surface area contributed by atoms with Crippen LogP contribution in [0, 0.1) is 5.92 Å². The van der Waals surface area contributed by atoms with Crippen molar-refractivity contribution in [1.82, 2.24) is 24.2 Å². The highest BCUT2D eigenvalue weighted by atomic mass is 35.5. The lowest BCUT2D eigenvalue weighted by atomic mass is 9.90. The Hall–Kier alpha value is -3.10. The minimum atomic E-state index is -0.196. The van der Waals surface area contributed by atoms with Crippen molar-refractivity contribution in [3.8, 4) is 5.69 Å². The number of hydrogen-bond donors (Lipinski definition) is 0. The van der Waals surface area contributed by atoms with Gasteiger partial charge in [0.15, 0.2) is 10.8 Å². The molecule has 36 heavy (non-hydrogen) atoms. The number of halogens is 1. The smallest absolute Gasteiger partial charge is 0.265 e. The van der Waals surface area contributed by atoms with Crippen LogP contribution in [-0.4, -0.2) is 49.0 Å². The minimum Gasteiger partial charge on any atom is -0.343 e. The van der Waals surface area contributed by atoms with Crippen LogP contribution in [0.4, 0.5) is 0 Å². The van der Waals surface area contributed by atoms with Gasteiger partial charge in [-0.15, -0.1) is 0 Å². The van der Waals surface area contributed by atoms with Crippen LogP contribution in [0.5, 0.6) is 0 Å². The highest BCUT2D eigenvalue weighted by Crippen LogP contribution is 2.34. The quantitative estimate of drug-likeness (QED) is 0.356. The topological polar surface area (TPSA) is 73.0 Å². The Morgan fingerprint density at radius 1 is 1.08 bits per heavy atom. The van der Waals surface area contributed by atoms with Gasteiger partial charge in [0.25, 0.3) is 5.56 Å². The molecule has 7 nitrogen and oxygen atoms in total. The molecule has 2 aliphatic rings. The summed E-state index contributed by atoms with van der Waals surface area (Å²) in [5.41, 5.74) is 2.47. The van der Waals surface area contributed by atoms with E-state index in [9.17, 15) is 9.59 Å². The molecule has 0 aliphatic carbocycles. The lowest BCUT2D eigenvalue weighted by Gasteiger charge is -2.33. The van der Waals surface area contributed by atoms with Gasteiger partial charge < -0.3 is 4.90 Å². The van der Waals surface area contributed by atoms with E-state index < -0.39 is 0 Å². The first-order chi connectivity index (χ1) is 17.6. The van der Waals surface area contributed by atoms with Crippen molar-refractivity contribution in [3.63, 3.8) is 0 Å². The second kappa shape index (κ2) is 9.75. The van der Waals surface area contributed by atoms with Gasteiger partial charge in [0.1, 0.15) is 5.39 Å². The lowest BCUT2D eigenvalue weighted by molar-refractivity contribution is -0.133. The molecular weight excluding hydrogens is 494 g/mol. The predicted octanol–water partition coefficient (Wildman–Crippen LogP) is 4.75. The van der Waals surface area contributed by atoms with Crippen LogP contribution < -0.4 is 5.56 Å². The van der Waals surface area contributed by atoms with Gasteiger partial charge in [-0.3, -0.25) is 14.2 Å². The van der Waals surface area contributed by atoms with Crippen molar-refractivity contribution >= 4 is 40.3 Å². The summed E-state index contributed by atoms with van der Waals surface area (Å²) in [5.74, 6) is 1.39. The maximum absolute atomic E-state index is 13.4. The monoisotopic (exact) mass is 519 g/mol. The first kappa shape index (κ1) is 23.3. The summed E-state index contributed by atoms with van der Waals surface area (Å²) < 4.78 is 3.33. The zero-order chi connectivity index (χ0) is 24.6. The normalized spacial score (nSPS) is 18.0. The van der Waals surface area contributed by atoms with Gasteiger partial charge >= 0.3 is 0 Å². The molecular formula is C27H26ClN5O2S. The van der Waals surface area contributed by atoms with E-state index in [0.717, 1.165) is 38.0 Å². The molecule has 0 N–H and O–H groups in total. The summed E-state index contributed by atoms with van der Waals surface area (Å²) in [7, 11) is 0. The average molecular weight is 520 g/mol. The molecule has 6 rings (SSSR count). The first-order valence-corrected chi connectivity index (χ1v) is 13.6. The Labute approximate surface area is 218 Å². The molecule has 184 valence electrons. The fourth-order valence-electron chi connectivity index (χ4n) is 5.24. The van der Waals surface area contributed by atoms with Crippen molar-refractivity contribution in [2.75, 3.05) is 18.8 Å². The highest BCUT2D eigenvalue weighted by molar-refractivity contribution is 7.99. The first-order valence-electron chi connectivity index (χ1n) is 12.3. The maximum atomic E-state index is 13.4. The average Bonchev–Trinajstić information content (AvgIpc) is 3.50. The Morgan fingerprint density at radius 2 is 1.89 bits per heavy atom. The van der Waals surface area contributed by atoms with E-state index in [1.54, 1.807) is 27.6 Å². The van der Waals surface area contributed by atoms with Crippen molar-refractivity contribution in [2.45, 2.75) is 36.9 Å². The third-order valence-corrected chi connectivity index (χ3v) is 8.50. The van der Waals surface area contributed by atoms with Crippen LogP contribution in [-0.2, 0) is 11.2 Å². The number of carbonyl (C=O) groups excluding carboxylic acids is 1. The number of hydrogen-bond acceptors (Lipinski definition) is 5. The largest absolute Gasteiger partial charge is 0.343 e. The van der Waals surface area contributed by atoms with Crippen molar-refractivity contribution < 1.29 is 4.79 Å². The molecule has 2 aromatic heterocycles. The summed E-state index contributed by atoms with van der Waals surface area (Å²) in [5, 5.41) is 6.07. The van der Waals surface area contributed by atoms with Crippen molar-refractivity contribution in [2.24, 2.45) is 5.92 Å². The number of fused-ring (bicyclic) bond motifs is 2. The van der Waals surface area contributed by atoms with Crippen LogP contribution in [0.3, 0.4) is 0 Å². The highest BCUT2D eigenvalue weighted by Gasteiger charge is 2.32. The molecule has 2 aromatic carbocycles. The summed E-state index contributed by atoms with van der Waals surface area (Å²) in [4.78, 5) is 33.3. The number of piperidine rings is 1. The van der Waals surface area contributed by atoms with Crippen LogP contribution in [0.25, 0.3) is 16.7 Å². The SMILES string of the molecule is O=C(CC1CSc2nc3c(cnn3-c3cccc(Cl)c3)c(=O)n21)N1CCC(Cc2ccccc2)CC1. The minimum absolute atomic E-state index is 0.119. The molecule has 4 heterocycles. The van der Waals surface area contributed by atoms with E-state index in [-0.39, 0.29) is 17.5 Å². The van der Waals surface area contributed by atoms with Gasteiger partial charge in [0.05, 0.1) is 17.9 Å². The molecule has 1 fully saturated rings. The van der Waals surface area contributed by atoms with Crippen molar-refractivity contribution in [1.29, 1.82) is 0 Å². The third kappa shape index (κ3) is 4.44. The zero-order valence-electron chi connectivity index (χ0n) is 19.7. The standard InChI is InChI=1S/C27H26ClN5O2S/c28-20-7-4-8-21(14-20)33-25-23(16-29-33)26(35)32-22(17-36-27(32)30-25)15-24(34)31-11-9-19(10-12-31)13-18-5-2-1-3-6-18/h1-8,14,16,19,22H,9-13,15,17H2. The Morgan fingerprint density at radius 3 is 2.67 bits per heavy atom. The summed E-state index contributed by atoms with van der Waals surface area (Å²) in [6.45, 7) is 1.56. The number of likely N-dealkylation sites (tertiary alicyclic amines) is 1. The Bertz CT molecular complexity index is 1480. The molecule has 9 heteroatoms. The molecule has 0 radical (unpaired) electrons. The van der Waals surface area contributed by atoms with E-state index in [2.05, 4.69) is 29.4 Å². The molecule has 1 atom stereocenters.